The number of hydrogen-bond donors (Lipinski definition) is 1. The molecule has 1 aromatic rings. The van der Waals surface area contributed by atoms with Crippen LogP contribution >= 0.6 is 0 Å². The van der Waals surface area contributed by atoms with Crippen LogP contribution in [0.4, 0.5) is 0 Å². The molecule has 0 aliphatic rings. The minimum absolute atomic E-state index is 0.562. The van der Waals surface area contributed by atoms with Crippen molar-refractivity contribution in [3.05, 3.63) is 42.0 Å². The Morgan fingerprint density at radius 1 is 1.33 bits per heavy atom. The van der Waals surface area contributed by atoms with Gasteiger partial charge in [0.25, 0.3) is 0 Å². The van der Waals surface area contributed by atoms with Gasteiger partial charge in [-0.1, -0.05) is 31.2 Å². The number of rotatable bonds is 6. The van der Waals surface area contributed by atoms with Crippen molar-refractivity contribution in [1.82, 2.24) is 0 Å². The molecule has 0 bridgehead atoms. The van der Waals surface area contributed by atoms with E-state index in [1.54, 1.807) is 0 Å². The lowest BCUT2D eigenvalue weighted by Crippen LogP contribution is -1.99. The van der Waals surface area contributed by atoms with Crippen LogP contribution in [0.15, 0.2) is 36.4 Å². The molecule has 0 aromatic heterocycles. The van der Waals surface area contributed by atoms with Gasteiger partial charge in [0.1, 0.15) is 5.75 Å². The summed E-state index contributed by atoms with van der Waals surface area (Å²) >= 11 is 0. The second kappa shape index (κ2) is 7.07. The molecular formula is C13H19NO. The topological polar surface area (TPSA) is 35.2 Å². The van der Waals surface area contributed by atoms with E-state index < -0.39 is 0 Å². The summed E-state index contributed by atoms with van der Waals surface area (Å²) < 4.78 is 5.59. The van der Waals surface area contributed by atoms with Gasteiger partial charge in [-0.25, -0.2) is 0 Å². The molecule has 0 aliphatic heterocycles. The molecule has 0 atom stereocenters. The van der Waals surface area contributed by atoms with Gasteiger partial charge in [0, 0.05) is 6.54 Å². The van der Waals surface area contributed by atoms with E-state index in [2.05, 4.69) is 19.1 Å². The number of hydrogen-bond acceptors (Lipinski definition) is 2. The maximum Gasteiger partial charge on any atom is 0.119 e. The van der Waals surface area contributed by atoms with Crippen molar-refractivity contribution in [2.75, 3.05) is 6.61 Å². The van der Waals surface area contributed by atoms with Crippen LogP contribution in [0.25, 0.3) is 0 Å². The van der Waals surface area contributed by atoms with E-state index in [-0.39, 0.29) is 0 Å². The number of ether oxygens (including phenoxy) is 1. The van der Waals surface area contributed by atoms with Gasteiger partial charge in [-0.15, -0.1) is 0 Å². The molecule has 2 heteroatoms. The molecule has 0 aliphatic carbocycles. The van der Waals surface area contributed by atoms with E-state index >= 15 is 0 Å². The van der Waals surface area contributed by atoms with Crippen molar-refractivity contribution in [3.63, 3.8) is 0 Å². The third-order valence-corrected chi connectivity index (χ3v) is 2.09. The molecule has 0 fully saturated rings. The summed E-state index contributed by atoms with van der Waals surface area (Å²) in [4.78, 5) is 0. The molecule has 1 aromatic carbocycles. The summed E-state index contributed by atoms with van der Waals surface area (Å²) in [6.07, 6.45) is 6.34. The number of nitrogens with two attached hydrogens (primary N) is 1. The number of allylic oxidation sites excluding steroid dienone is 1. The van der Waals surface area contributed by atoms with Crippen LogP contribution in [-0.4, -0.2) is 6.61 Å². The largest absolute Gasteiger partial charge is 0.493 e. The first kappa shape index (κ1) is 11.8. The Hall–Kier alpha value is -1.28. The van der Waals surface area contributed by atoms with Crippen LogP contribution in [0.1, 0.15) is 25.3 Å². The highest BCUT2D eigenvalue weighted by molar-refractivity contribution is 5.28. The lowest BCUT2D eigenvalue weighted by molar-refractivity contribution is 0.324. The van der Waals surface area contributed by atoms with Crippen molar-refractivity contribution >= 4 is 0 Å². The van der Waals surface area contributed by atoms with E-state index in [0.29, 0.717) is 6.54 Å². The van der Waals surface area contributed by atoms with E-state index in [1.807, 2.05) is 24.3 Å². The Labute approximate surface area is 91.7 Å². The first-order valence-electron chi connectivity index (χ1n) is 5.43. The lowest BCUT2D eigenvalue weighted by atomic mass is 10.2. The van der Waals surface area contributed by atoms with Crippen molar-refractivity contribution in [2.24, 2.45) is 5.73 Å². The van der Waals surface area contributed by atoms with Crippen LogP contribution in [0.5, 0.6) is 5.75 Å². The molecule has 0 spiro atoms. The molecule has 2 N–H and O–H groups in total. The van der Waals surface area contributed by atoms with Crippen molar-refractivity contribution in [3.8, 4) is 5.75 Å². The third kappa shape index (κ3) is 4.66. The predicted octanol–water partition coefficient (Wildman–Crippen LogP) is 2.88. The average Bonchev–Trinajstić information content (AvgIpc) is 2.29. The maximum atomic E-state index is 5.59. The van der Waals surface area contributed by atoms with E-state index in [0.717, 1.165) is 30.8 Å². The molecule has 2 nitrogen and oxygen atoms in total. The molecule has 0 saturated heterocycles. The van der Waals surface area contributed by atoms with Crippen LogP contribution in [0, 0.1) is 0 Å². The molecule has 1 rings (SSSR count). The van der Waals surface area contributed by atoms with Crippen LogP contribution < -0.4 is 10.5 Å². The van der Waals surface area contributed by atoms with Gasteiger partial charge in [-0.2, -0.15) is 0 Å². The standard InChI is InChI=1S/C13H19NO/c1-2-3-4-5-9-15-13-8-6-7-12(10-13)11-14/h3-4,6-8,10H,2,5,9,11,14H2,1H3. The normalized spacial score (nSPS) is 10.8. The summed E-state index contributed by atoms with van der Waals surface area (Å²) in [7, 11) is 0. The monoisotopic (exact) mass is 205 g/mol. The second-order valence-corrected chi connectivity index (χ2v) is 3.37. The molecule has 0 radical (unpaired) electrons. The number of benzene rings is 1. The molecule has 15 heavy (non-hydrogen) atoms. The Morgan fingerprint density at radius 3 is 2.93 bits per heavy atom. The first-order valence-corrected chi connectivity index (χ1v) is 5.43. The van der Waals surface area contributed by atoms with Crippen molar-refractivity contribution in [1.29, 1.82) is 0 Å². The molecule has 0 heterocycles. The Kier molecular flexibility index (Phi) is 5.56. The highest BCUT2D eigenvalue weighted by atomic mass is 16.5. The maximum absolute atomic E-state index is 5.59. The average molecular weight is 205 g/mol. The van der Waals surface area contributed by atoms with Gasteiger partial charge in [0.2, 0.25) is 0 Å². The SMILES string of the molecule is CCC=CCCOc1cccc(CN)c1. The third-order valence-electron chi connectivity index (χ3n) is 2.09. The highest BCUT2D eigenvalue weighted by Gasteiger charge is 1.94. The van der Waals surface area contributed by atoms with Gasteiger partial charge in [0.05, 0.1) is 6.61 Å². The minimum Gasteiger partial charge on any atom is -0.493 e. The predicted molar refractivity (Wildman–Crippen MR) is 63.9 cm³/mol. The lowest BCUT2D eigenvalue weighted by Gasteiger charge is -2.05. The fourth-order valence-electron chi connectivity index (χ4n) is 1.29. The van der Waals surface area contributed by atoms with E-state index in [9.17, 15) is 0 Å². The summed E-state index contributed by atoms with van der Waals surface area (Å²) in [5.41, 5.74) is 6.65. The van der Waals surface area contributed by atoms with Crippen molar-refractivity contribution < 1.29 is 4.74 Å². The zero-order valence-corrected chi connectivity index (χ0v) is 9.28. The van der Waals surface area contributed by atoms with Gasteiger partial charge in [-0.3, -0.25) is 0 Å². The van der Waals surface area contributed by atoms with Crippen LogP contribution in [0.3, 0.4) is 0 Å². The van der Waals surface area contributed by atoms with Gasteiger partial charge >= 0.3 is 0 Å². The molecule has 0 unspecified atom stereocenters. The summed E-state index contributed by atoms with van der Waals surface area (Å²) in [5, 5.41) is 0. The van der Waals surface area contributed by atoms with E-state index in [1.165, 1.54) is 0 Å². The summed E-state index contributed by atoms with van der Waals surface area (Å²) in [6, 6.07) is 7.93. The van der Waals surface area contributed by atoms with Crippen LogP contribution in [-0.2, 0) is 6.54 Å². The molecule has 0 saturated carbocycles. The second-order valence-electron chi connectivity index (χ2n) is 3.37. The Bertz CT molecular complexity index is 307. The highest BCUT2D eigenvalue weighted by Crippen LogP contribution is 2.12. The first-order chi connectivity index (χ1) is 7.36. The van der Waals surface area contributed by atoms with Crippen LogP contribution in [0.2, 0.25) is 0 Å². The summed E-state index contributed by atoms with van der Waals surface area (Å²) in [5.74, 6) is 0.905. The van der Waals surface area contributed by atoms with Crippen molar-refractivity contribution in [2.45, 2.75) is 26.3 Å². The molecular weight excluding hydrogens is 186 g/mol. The molecule has 82 valence electrons. The smallest absolute Gasteiger partial charge is 0.119 e. The Morgan fingerprint density at radius 2 is 2.20 bits per heavy atom. The van der Waals surface area contributed by atoms with Gasteiger partial charge in [0.15, 0.2) is 0 Å². The zero-order chi connectivity index (χ0) is 10.9. The molecule has 0 amide bonds. The quantitative estimate of drug-likeness (QED) is 0.572. The summed E-state index contributed by atoms with van der Waals surface area (Å²) in [6.45, 7) is 3.42. The zero-order valence-electron chi connectivity index (χ0n) is 9.28. The van der Waals surface area contributed by atoms with Gasteiger partial charge < -0.3 is 10.5 Å². The fraction of sp³-hybridized carbons (Fsp3) is 0.385. The minimum atomic E-state index is 0.562. The Balaban J connectivity index is 2.33. The van der Waals surface area contributed by atoms with E-state index in [4.69, 9.17) is 10.5 Å². The van der Waals surface area contributed by atoms with Gasteiger partial charge in [-0.05, 0) is 30.5 Å². The fourth-order valence-corrected chi connectivity index (χ4v) is 1.29.